The van der Waals surface area contributed by atoms with Gasteiger partial charge in [0.05, 0.1) is 6.10 Å². The molecule has 0 aromatic rings. The van der Waals surface area contributed by atoms with E-state index in [1.54, 1.807) is 0 Å². The first-order valence-corrected chi connectivity index (χ1v) is 7.73. The van der Waals surface area contributed by atoms with Crippen molar-refractivity contribution in [3.05, 3.63) is 0 Å². The number of piperazine rings is 1. The molecule has 1 saturated heterocycles. The van der Waals surface area contributed by atoms with Crippen LogP contribution in [0.25, 0.3) is 0 Å². The van der Waals surface area contributed by atoms with Gasteiger partial charge >= 0.3 is 0 Å². The van der Waals surface area contributed by atoms with Crippen molar-refractivity contribution in [1.29, 1.82) is 0 Å². The highest BCUT2D eigenvalue weighted by Crippen LogP contribution is 2.28. The van der Waals surface area contributed by atoms with Crippen LogP contribution in [0.5, 0.6) is 0 Å². The maximum Gasteiger partial charge on any atom is 0.0583 e. The van der Waals surface area contributed by atoms with Gasteiger partial charge in [-0.1, -0.05) is 25.7 Å². The molecule has 0 amide bonds. The lowest BCUT2D eigenvalue weighted by Gasteiger charge is -2.39. The summed E-state index contributed by atoms with van der Waals surface area (Å²) < 4.78 is 0. The first kappa shape index (κ1) is 14.3. The highest BCUT2D eigenvalue weighted by atomic mass is 16.3. The van der Waals surface area contributed by atoms with Crippen LogP contribution >= 0.6 is 0 Å². The van der Waals surface area contributed by atoms with E-state index in [4.69, 9.17) is 0 Å². The predicted molar refractivity (Wildman–Crippen MR) is 75.7 cm³/mol. The van der Waals surface area contributed by atoms with Crippen LogP contribution in [0.15, 0.2) is 0 Å². The molecule has 2 rings (SSSR count). The molecule has 1 aliphatic heterocycles. The van der Waals surface area contributed by atoms with Crippen LogP contribution in [0.2, 0.25) is 0 Å². The lowest BCUT2D eigenvalue weighted by Crippen LogP contribution is -2.51. The lowest BCUT2D eigenvalue weighted by molar-refractivity contribution is 0.0327. The van der Waals surface area contributed by atoms with E-state index < -0.39 is 0 Å². The molecule has 0 aromatic heterocycles. The molecule has 2 fully saturated rings. The van der Waals surface area contributed by atoms with Gasteiger partial charge in [0.1, 0.15) is 0 Å². The molecule has 2 unspecified atom stereocenters. The third-order valence-corrected chi connectivity index (χ3v) is 4.94. The Hall–Kier alpha value is -0.120. The first-order valence-electron chi connectivity index (χ1n) is 7.73. The fraction of sp³-hybridized carbons (Fsp3) is 1.00. The van der Waals surface area contributed by atoms with E-state index in [2.05, 4.69) is 23.9 Å². The summed E-state index contributed by atoms with van der Waals surface area (Å²) >= 11 is 0. The molecular weight excluding hydrogens is 224 g/mol. The molecule has 3 nitrogen and oxygen atoms in total. The Bertz CT molecular complexity index is 239. The van der Waals surface area contributed by atoms with Gasteiger partial charge in [-0.2, -0.15) is 0 Å². The topological polar surface area (TPSA) is 26.7 Å². The highest BCUT2D eigenvalue weighted by Gasteiger charge is 2.28. The maximum absolute atomic E-state index is 10.5. The van der Waals surface area contributed by atoms with Crippen molar-refractivity contribution < 1.29 is 5.11 Å². The van der Waals surface area contributed by atoms with Gasteiger partial charge in [-0.05, 0) is 39.3 Å². The Balaban J connectivity index is 1.82. The smallest absolute Gasteiger partial charge is 0.0583 e. The molecule has 1 heterocycles. The molecule has 1 aliphatic carbocycles. The molecule has 3 heteroatoms. The number of nitrogens with zero attached hydrogens (tertiary/aromatic N) is 2. The van der Waals surface area contributed by atoms with Crippen molar-refractivity contribution in [2.75, 3.05) is 33.7 Å². The number of aliphatic hydroxyl groups is 1. The Labute approximate surface area is 112 Å². The third kappa shape index (κ3) is 3.94. The number of likely N-dealkylation sites (N-methyl/N-ethyl adjacent to an activating group) is 2. The first-order chi connectivity index (χ1) is 8.66. The normalized spacial score (nSPS) is 31.2. The van der Waals surface area contributed by atoms with Gasteiger partial charge in [0, 0.05) is 25.7 Å². The fourth-order valence-electron chi connectivity index (χ4n) is 3.52. The van der Waals surface area contributed by atoms with Gasteiger partial charge in [0.25, 0.3) is 0 Å². The minimum Gasteiger partial charge on any atom is -0.393 e. The van der Waals surface area contributed by atoms with Crippen molar-refractivity contribution >= 4 is 0 Å². The van der Waals surface area contributed by atoms with Crippen LogP contribution in [-0.2, 0) is 0 Å². The molecule has 0 radical (unpaired) electrons. The fourth-order valence-corrected chi connectivity index (χ4v) is 3.52. The van der Waals surface area contributed by atoms with Crippen LogP contribution in [0.3, 0.4) is 0 Å². The van der Waals surface area contributed by atoms with Crippen molar-refractivity contribution in [2.45, 2.75) is 57.1 Å². The Morgan fingerprint density at radius 3 is 2.39 bits per heavy atom. The summed E-state index contributed by atoms with van der Waals surface area (Å²) in [6.45, 7) is 3.41. The van der Waals surface area contributed by atoms with Gasteiger partial charge < -0.3 is 14.9 Å². The zero-order chi connectivity index (χ0) is 13.0. The second-order valence-electron chi connectivity index (χ2n) is 6.45. The van der Waals surface area contributed by atoms with Crippen molar-refractivity contribution in [1.82, 2.24) is 9.80 Å². The van der Waals surface area contributed by atoms with Gasteiger partial charge in [-0.3, -0.25) is 0 Å². The van der Waals surface area contributed by atoms with Crippen LogP contribution < -0.4 is 0 Å². The van der Waals surface area contributed by atoms with Gasteiger partial charge in [0.15, 0.2) is 0 Å². The number of hydrogen-bond donors (Lipinski definition) is 1. The molecule has 0 bridgehead atoms. The van der Waals surface area contributed by atoms with E-state index in [-0.39, 0.29) is 6.10 Å². The summed E-state index contributed by atoms with van der Waals surface area (Å²) in [6, 6.07) is 0.544. The number of aliphatic hydroxyl groups excluding tert-OH is 1. The Morgan fingerprint density at radius 1 is 1.06 bits per heavy atom. The maximum atomic E-state index is 10.5. The molecule has 1 saturated carbocycles. The average molecular weight is 254 g/mol. The second-order valence-corrected chi connectivity index (χ2v) is 6.45. The molecule has 2 aliphatic rings. The molecular formula is C15H30N2O. The minimum absolute atomic E-state index is 0.0814. The zero-order valence-corrected chi connectivity index (χ0v) is 12.1. The molecule has 1 N–H and O–H groups in total. The van der Waals surface area contributed by atoms with E-state index in [9.17, 15) is 5.11 Å². The minimum atomic E-state index is -0.0814. The second kappa shape index (κ2) is 6.88. The van der Waals surface area contributed by atoms with Crippen LogP contribution in [0.4, 0.5) is 0 Å². The lowest BCUT2D eigenvalue weighted by atomic mass is 9.89. The molecule has 2 atom stereocenters. The molecule has 106 valence electrons. The summed E-state index contributed by atoms with van der Waals surface area (Å²) in [5, 5.41) is 10.5. The third-order valence-electron chi connectivity index (χ3n) is 4.94. The van der Waals surface area contributed by atoms with Crippen LogP contribution in [0, 0.1) is 5.92 Å². The van der Waals surface area contributed by atoms with E-state index in [1.807, 2.05) is 0 Å². The molecule has 0 spiro atoms. The van der Waals surface area contributed by atoms with Gasteiger partial charge in [-0.15, -0.1) is 0 Å². The summed E-state index contributed by atoms with van der Waals surface area (Å²) in [4.78, 5) is 4.82. The van der Waals surface area contributed by atoms with Crippen molar-refractivity contribution in [3.8, 4) is 0 Å². The van der Waals surface area contributed by atoms with Crippen LogP contribution in [0.1, 0.15) is 44.9 Å². The Morgan fingerprint density at radius 2 is 1.72 bits per heavy atom. The molecule has 18 heavy (non-hydrogen) atoms. The average Bonchev–Trinajstić information content (AvgIpc) is 2.62. The predicted octanol–water partition coefficient (Wildman–Crippen LogP) is 1.95. The van der Waals surface area contributed by atoms with Crippen molar-refractivity contribution in [3.63, 3.8) is 0 Å². The van der Waals surface area contributed by atoms with Gasteiger partial charge in [0.2, 0.25) is 0 Å². The van der Waals surface area contributed by atoms with Crippen LogP contribution in [-0.4, -0.2) is 60.8 Å². The molecule has 0 aromatic carbocycles. The number of rotatable bonds is 3. The van der Waals surface area contributed by atoms with E-state index in [1.165, 1.54) is 38.5 Å². The van der Waals surface area contributed by atoms with E-state index in [0.717, 1.165) is 26.1 Å². The summed E-state index contributed by atoms with van der Waals surface area (Å²) in [5.41, 5.74) is 0. The van der Waals surface area contributed by atoms with E-state index in [0.29, 0.717) is 12.0 Å². The SMILES string of the molecule is CN1CCN(C)C(CC(O)C2CCCCCC2)C1. The zero-order valence-electron chi connectivity index (χ0n) is 12.1. The Kier molecular flexibility index (Phi) is 5.46. The van der Waals surface area contributed by atoms with Crippen molar-refractivity contribution in [2.24, 2.45) is 5.92 Å². The summed E-state index contributed by atoms with van der Waals surface area (Å²) in [6.07, 6.45) is 8.75. The largest absolute Gasteiger partial charge is 0.393 e. The standard InChI is InChI=1S/C15H30N2O/c1-16-9-10-17(2)14(12-16)11-15(18)13-7-5-3-4-6-8-13/h13-15,18H,3-12H2,1-2H3. The van der Waals surface area contributed by atoms with E-state index >= 15 is 0 Å². The number of hydrogen-bond acceptors (Lipinski definition) is 3. The highest BCUT2D eigenvalue weighted by molar-refractivity contribution is 4.83. The summed E-state index contributed by atoms with van der Waals surface area (Å²) in [7, 11) is 4.40. The van der Waals surface area contributed by atoms with Gasteiger partial charge in [-0.25, -0.2) is 0 Å². The monoisotopic (exact) mass is 254 g/mol. The quantitative estimate of drug-likeness (QED) is 0.780. The summed E-state index contributed by atoms with van der Waals surface area (Å²) in [5.74, 6) is 0.563.